The first-order valence-corrected chi connectivity index (χ1v) is 9.64. The van der Waals surface area contributed by atoms with Gasteiger partial charge in [0.05, 0.1) is 16.8 Å². The van der Waals surface area contributed by atoms with E-state index in [1.54, 1.807) is 25.3 Å². The third-order valence-corrected chi connectivity index (χ3v) is 4.69. The summed E-state index contributed by atoms with van der Waals surface area (Å²) in [7, 11) is 1.59. The molecule has 0 spiro atoms. The normalized spacial score (nSPS) is 11.4. The smallest absolute Gasteiger partial charge is 0.257 e. The van der Waals surface area contributed by atoms with Crippen molar-refractivity contribution in [3.05, 3.63) is 51.6 Å². The van der Waals surface area contributed by atoms with E-state index in [1.165, 1.54) is 0 Å². The van der Waals surface area contributed by atoms with Crippen LogP contribution in [0.4, 0.5) is 5.69 Å². The molecule has 0 bridgehead atoms. The van der Waals surface area contributed by atoms with Crippen LogP contribution in [-0.2, 0) is 0 Å². The Hall–Kier alpha value is -1.87. The summed E-state index contributed by atoms with van der Waals surface area (Å²) in [5.74, 6) is 1.19. The van der Waals surface area contributed by atoms with Gasteiger partial charge in [-0.05, 0) is 78.5 Å². The van der Waals surface area contributed by atoms with Gasteiger partial charge in [0.15, 0.2) is 5.11 Å². The number of hydrogen-bond donors (Lipinski definition) is 2. The van der Waals surface area contributed by atoms with Crippen LogP contribution >= 0.6 is 34.8 Å². The van der Waals surface area contributed by atoms with Crippen LogP contribution < -0.4 is 20.1 Å². The van der Waals surface area contributed by atoms with Crippen molar-refractivity contribution < 1.29 is 14.3 Å². The molecule has 2 N–H and O–H groups in total. The van der Waals surface area contributed by atoms with E-state index in [9.17, 15) is 4.79 Å². The molecule has 1 amide bonds. The average molecular weight is 484 g/mol. The highest BCUT2D eigenvalue weighted by molar-refractivity contribution is 14.1. The van der Waals surface area contributed by atoms with E-state index < -0.39 is 0 Å². The molecule has 2 rings (SSSR count). The predicted molar refractivity (Wildman–Crippen MR) is 116 cm³/mol. The Morgan fingerprint density at radius 2 is 2.04 bits per heavy atom. The van der Waals surface area contributed by atoms with E-state index in [4.69, 9.17) is 21.7 Å². The molecule has 2 aromatic carbocycles. The van der Waals surface area contributed by atoms with Gasteiger partial charge in [-0.2, -0.15) is 0 Å². The maximum atomic E-state index is 12.3. The average Bonchev–Trinajstić information content (AvgIpc) is 2.61. The van der Waals surface area contributed by atoms with Gasteiger partial charge in [-0.1, -0.05) is 13.0 Å². The van der Waals surface area contributed by atoms with Crippen molar-refractivity contribution in [2.45, 2.75) is 26.4 Å². The Bertz CT molecular complexity index is 798. The number of carbonyl (C=O) groups excluding carboxylic acids is 1. The third kappa shape index (κ3) is 5.84. The number of anilines is 1. The Morgan fingerprint density at radius 1 is 1.27 bits per heavy atom. The lowest BCUT2D eigenvalue weighted by atomic mass is 10.2. The van der Waals surface area contributed by atoms with Gasteiger partial charge in [-0.25, -0.2) is 0 Å². The first kappa shape index (κ1) is 20.4. The molecule has 0 fully saturated rings. The molecule has 0 saturated heterocycles. The van der Waals surface area contributed by atoms with Gasteiger partial charge in [0.25, 0.3) is 5.91 Å². The minimum atomic E-state index is -0.282. The lowest BCUT2D eigenvalue weighted by Crippen LogP contribution is -2.34. The van der Waals surface area contributed by atoms with Crippen LogP contribution in [0.2, 0.25) is 0 Å². The van der Waals surface area contributed by atoms with Crippen molar-refractivity contribution in [1.29, 1.82) is 0 Å². The number of amides is 1. The standard InChI is InChI=1S/C19H21IN2O3S/c1-4-12(2)25-15-7-5-6-14(11-15)21-19(26)22-18(23)13-8-9-17(24-3)16(20)10-13/h5-12H,4H2,1-3H3,(H2,21,22,23,26). The maximum Gasteiger partial charge on any atom is 0.257 e. The topological polar surface area (TPSA) is 59.6 Å². The van der Waals surface area contributed by atoms with Crippen LogP contribution in [0.1, 0.15) is 30.6 Å². The molecule has 0 aliphatic rings. The second-order valence-corrected chi connectivity index (χ2v) is 7.19. The van der Waals surface area contributed by atoms with Gasteiger partial charge in [-0.15, -0.1) is 0 Å². The van der Waals surface area contributed by atoms with Crippen molar-refractivity contribution in [1.82, 2.24) is 5.32 Å². The highest BCUT2D eigenvalue weighted by Gasteiger charge is 2.11. The zero-order chi connectivity index (χ0) is 19.1. The van der Waals surface area contributed by atoms with Crippen LogP contribution in [-0.4, -0.2) is 24.2 Å². The highest BCUT2D eigenvalue weighted by atomic mass is 127. The number of hydrogen-bond acceptors (Lipinski definition) is 4. The van der Waals surface area contributed by atoms with Crippen molar-refractivity contribution in [2.24, 2.45) is 0 Å². The number of rotatable bonds is 6. The molecular formula is C19H21IN2O3S. The molecule has 0 aliphatic carbocycles. The van der Waals surface area contributed by atoms with Gasteiger partial charge >= 0.3 is 0 Å². The Kier molecular flexibility index (Phi) is 7.65. The highest BCUT2D eigenvalue weighted by Crippen LogP contribution is 2.22. The van der Waals surface area contributed by atoms with Crippen molar-refractivity contribution in [2.75, 3.05) is 12.4 Å². The minimum absolute atomic E-state index is 0.134. The predicted octanol–water partition coefficient (Wildman–Crippen LogP) is 4.60. The Balaban J connectivity index is 1.99. The fraction of sp³-hybridized carbons (Fsp3) is 0.263. The Morgan fingerprint density at radius 3 is 2.69 bits per heavy atom. The first-order valence-electron chi connectivity index (χ1n) is 8.15. The molecule has 26 heavy (non-hydrogen) atoms. The minimum Gasteiger partial charge on any atom is -0.496 e. The number of halogens is 1. The van der Waals surface area contributed by atoms with E-state index in [-0.39, 0.29) is 17.1 Å². The van der Waals surface area contributed by atoms with Crippen LogP contribution in [0.15, 0.2) is 42.5 Å². The lowest BCUT2D eigenvalue weighted by molar-refractivity contribution is 0.0977. The van der Waals surface area contributed by atoms with Gasteiger partial charge in [-0.3, -0.25) is 10.1 Å². The molecule has 1 atom stereocenters. The number of ether oxygens (including phenoxy) is 2. The summed E-state index contributed by atoms with van der Waals surface area (Å²) in [6, 6.07) is 12.7. The van der Waals surface area contributed by atoms with Gasteiger partial charge < -0.3 is 14.8 Å². The first-order chi connectivity index (χ1) is 12.4. The zero-order valence-electron chi connectivity index (χ0n) is 14.8. The summed E-state index contributed by atoms with van der Waals surface area (Å²) in [4.78, 5) is 12.3. The third-order valence-electron chi connectivity index (χ3n) is 3.65. The molecule has 0 aromatic heterocycles. The summed E-state index contributed by atoms with van der Waals surface area (Å²) >= 11 is 7.36. The summed E-state index contributed by atoms with van der Waals surface area (Å²) in [6.07, 6.45) is 1.06. The van der Waals surface area contributed by atoms with E-state index in [2.05, 4.69) is 40.1 Å². The van der Waals surface area contributed by atoms with E-state index in [0.717, 1.165) is 27.2 Å². The lowest BCUT2D eigenvalue weighted by Gasteiger charge is -2.14. The van der Waals surface area contributed by atoms with Crippen LogP contribution in [0.3, 0.4) is 0 Å². The monoisotopic (exact) mass is 484 g/mol. The molecule has 0 radical (unpaired) electrons. The van der Waals surface area contributed by atoms with Crippen molar-refractivity contribution >= 4 is 51.5 Å². The second-order valence-electron chi connectivity index (χ2n) is 5.62. The number of thiocarbonyl (C=S) groups is 1. The van der Waals surface area contributed by atoms with Gasteiger partial charge in [0, 0.05) is 17.3 Å². The summed E-state index contributed by atoms with van der Waals surface area (Å²) < 4.78 is 11.8. The largest absolute Gasteiger partial charge is 0.496 e. The maximum absolute atomic E-state index is 12.3. The number of benzene rings is 2. The summed E-state index contributed by atoms with van der Waals surface area (Å²) in [6.45, 7) is 4.08. The molecular weight excluding hydrogens is 463 g/mol. The molecule has 7 heteroatoms. The summed E-state index contributed by atoms with van der Waals surface area (Å²) in [5.41, 5.74) is 1.26. The fourth-order valence-electron chi connectivity index (χ4n) is 2.11. The number of nitrogens with one attached hydrogen (secondary N) is 2. The molecule has 0 saturated carbocycles. The molecule has 138 valence electrons. The van der Waals surface area contributed by atoms with E-state index in [1.807, 2.05) is 31.2 Å². The number of carbonyl (C=O) groups is 1. The number of methoxy groups -OCH3 is 1. The zero-order valence-corrected chi connectivity index (χ0v) is 17.8. The molecule has 5 nitrogen and oxygen atoms in total. The van der Waals surface area contributed by atoms with Crippen LogP contribution in [0.25, 0.3) is 0 Å². The quantitative estimate of drug-likeness (QED) is 0.464. The van der Waals surface area contributed by atoms with Crippen LogP contribution in [0, 0.1) is 3.57 Å². The van der Waals surface area contributed by atoms with Crippen molar-refractivity contribution in [3.63, 3.8) is 0 Å². The molecule has 2 aromatic rings. The van der Waals surface area contributed by atoms with E-state index >= 15 is 0 Å². The SMILES string of the molecule is CCC(C)Oc1cccc(NC(=S)NC(=O)c2ccc(OC)c(I)c2)c1. The molecule has 0 heterocycles. The molecule has 0 aliphatic heterocycles. The van der Waals surface area contributed by atoms with Gasteiger partial charge in [0.1, 0.15) is 11.5 Å². The fourth-order valence-corrected chi connectivity index (χ4v) is 3.05. The van der Waals surface area contributed by atoms with E-state index in [0.29, 0.717) is 5.56 Å². The summed E-state index contributed by atoms with van der Waals surface area (Å²) in [5, 5.41) is 5.91. The van der Waals surface area contributed by atoms with Gasteiger partial charge in [0.2, 0.25) is 0 Å². The van der Waals surface area contributed by atoms with Crippen LogP contribution in [0.5, 0.6) is 11.5 Å². The second kappa shape index (κ2) is 9.72. The van der Waals surface area contributed by atoms with Crippen molar-refractivity contribution in [3.8, 4) is 11.5 Å². The molecule has 1 unspecified atom stereocenters. The Labute approximate surface area is 172 Å².